The van der Waals surface area contributed by atoms with Gasteiger partial charge in [0, 0.05) is 25.1 Å². The summed E-state index contributed by atoms with van der Waals surface area (Å²) >= 11 is 0. The van der Waals surface area contributed by atoms with E-state index in [2.05, 4.69) is 20.2 Å². The quantitative estimate of drug-likeness (QED) is 0.851. The van der Waals surface area contributed by atoms with Crippen LogP contribution in [0.15, 0.2) is 12.4 Å². The van der Waals surface area contributed by atoms with Crippen molar-refractivity contribution in [2.45, 2.75) is 39.2 Å². The Morgan fingerprint density at radius 1 is 1.36 bits per heavy atom. The summed E-state index contributed by atoms with van der Waals surface area (Å²) in [5, 5.41) is 7.13. The SMILES string of the molecule is COc1cncc(OC2CCN(C(=O)CCc3c(C)n[nH]c3C)C2)n1. The third-order valence-electron chi connectivity index (χ3n) is 4.45. The lowest BCUT2D eigenvalue weighted by Crippen LogP contribution is -2.31. The molecule has 1 atom stereocenters. The van der Waals surface area contributed by atoms with Crippen molar-refractivity contribution in [2.24, 2.45) is 0 Å². The van der Waals surface area contributed by atoms with Gasteiger partial charge in [0.2, 0.25) is 17.7 Å². The van der Waals surface area contributed by atoms with Gasteiger partial charge in [0.05, 0.1) is 31.7 Å². The maximum atomic E-state index is 12.5. The van der Waals surface area contributed by atoms with E-state index in [1.165, 1.54) is 13.3 Å². The fourth-order valence-electron chi connectivity index (χ4n) is 3.04. The summed E-state index contributed by atoms with van der Waals surface area (Å²) in [5.41, 5.74) is 3.13. The molecule has 2 aromatic heterocycles. The second-order valence-corrected chi connectivity index (χ2v) is 6.18. The van der Waals surface area contributed by atoms with E-state index in [-0.39, 0.29) is 12.0 Å². The molecule has 0 spiro atoms. The third kappa shape index (κ3) is 4.07. The highest BCUT2D eigenvalue weighted by molar-refractivity contribution is 5.76. The average Bonchev–Trinajstić information content (AvgIpc) is 3.20. The number of amides is 1. The Kier molecular flexibility index (Phi) is 5.16. The minimum atomic E-state index is -0.0669. The monoisotopic (exact) mass is 345 g/mol. The smallest absolute Gasteiger partial charge is 0.235 e. The van der Waals surface area contributed by atoms with E-state index >= 15 is 0 Å². The molecule has 0 aliphatic carbocycles. The molecule has 25 heavy (non-hydrogen) atoms. The first-order chi connectivity index (χ1) is 12.1. The number of nitrogens with one attached hydrogen (secondary N) is 1. The van der Waals surface area contributed by atoms with Gasteiger partial charge in [-0.3, -0.25) is 14.9 Å². The summed E-state index contributed by atoms with van der Waals surface area (Å²) in [6, 6.07) is 0. The number of likely N-dealkylation sites (tertiary alicyclic amines) is 1. The Labute approximate surface area is 146 Å². The molecular formula is C17H23N5O3. The van der Waals surface area contributed by atoms with E-state index < -0.39 is 0 Å². The molecule has 2 aromatic rings. The number of nitrogens with zero attached hydrogens (tertiary/aromatic N) is 4. The number of aromatic amines is 1. The Bertz CT molecular complexity index is 726. The van der Waals surface area contributed by atoms with E-state index in [9.17, 15) is 4.79 Å². The fraction of sp³-hybridized carbons (Fsp3) is 0.529. The molecule has 0 radical (unpaired) electrons. The zero-order valence-corrected chi connectivity index (χ0v) is 14.8. The highest BCUT2D eigenvalue weighted by Crippen LogP contribution is 2.19. The van der Waals surface area contributed by atoms with Crippen LogP contribution in [-0.2, 0) is 11.2 Å². The summed E-state index contributed by atoms with van der Waals surface area (Å²) in [5.74, 6) is 0.973. The van der Waals surface area contributed by atoms with Crippen LogP contribution in [0.25, 0.3) is 0 Å². The van der Waals surface area contributed by atoms with E-state index in [1.807, 2.05) is 18.7 Å². The van der Waals surface area contributed by atoms with Crippen molar-refractivity contribution in [2.75, 3.05) is 20.2 Å². The van der Waals surface area contributed by atoms with Crippen LogP contribution in [0.4, 0.5) is 0 Å². The van der Waals surface area contributed by atoms with Crippen molar-refractivity contribution in [1.29, 1.82) is 0 Å². The number of aryl methyl sites for hydroxylation is 2. The first kappa shape index (κ1) is 17.2. The summed E-state index contributed by atoms with van der Waals surface area (Å²) in [6.07, 6.45) is 4.98. The molecule has 1 aliphatic rings. The molecule has 0 saturated carbocycles. The molecule has 0 aromatic carbocycles. The van der Waals surface area contributed by atoms with Crippen molar-refractivity contribution in [3.63, 3.8) is 0 Å². The number of methoxy groups -OCH3 is 1. The van der Waals surface area contributed by atoms with E-state index in [4.69, 9.17) is 9.47 Å². The van der Waals surface area contributed by atoms with Crippen LogP contribution in [0.5, 0.6) is 11.8 Å². The molecule has 1 saturated heterocycles. The summed E-state index contributed by atoms with van der Waals surface area (Å²) < 4.78 is 10.9. The molecule has 8 heteroatoms. The molecule has 1 N–H and O–H groups in total. The summed E-state index contributed by atoms with van der Waals surface area (Å²) in [6.45, 7) is 5.21. The maximum absolute atomic E-state index is 12.5. The lowest BCUT2D eigenvalue weighted by molar-refractivity contribution is -0.130. The molecule has 3 heterocycles. The molecule has 3 rings (SSSR count). The molecule has 1 aliphatic heterocycles. The second-order valence-electron chi connectivity index (χ2n) is 6.18. The molecular weight excluding hydrogens is 322 g/mol. The molecule has 134 valence electrons. The van der Waals surface area contributed by atoms with Gasteiger partial charge < -0.3 is 14.4 Å². The number of hydrogen-bond donors (Lipinski definition) is 1. The normalized spacial score (nSPS) is 16.9. The van der Waals surface area contributed by atoms with Crippen LogP contribution in [0.1, 0.15) is 29.8 Å². The second kappa shape index (κ2) is 7.50. The first-order valence-corrected chi connectivity index (χ1v) is 8.37. The predicted molar refractivity (Wildman–Crippen MR) is 90.6 cm³/mol. The number of H-pyrrole nitrogens is 1. The van der Waals surface area contributed by atoms with Crippen molar-refractivity contribution < 1.29 is 14.3 Å². The van der Waals surface area contributed by atoms with Gasteiger partial charge in [-0.05, 0) is 25.8 Å². The summed E-state index contributed by atoms with van der Waals surface area (Å²) in [7, 11) is 1.53. The topological polar surface area (TPSA) is 93.2 Å². The van der Waals surface area contributed by atoms with Crippen molar-refractivity contribution in [3.8, 4) is 11.8 Å². The minimum absolute atomic E-state index is 0.0669. The zero-order valence-electron chi connectivity index (χ0n) is 14.8. The van der Waals surface area contributed by atoms with Crippen LogP contribution < -0.4 is 9.47 Å². The van der Waals surface area contributed by atoms with Gasteiger partial charge in [0.25, 0.3) is 0 Å². The number of aromatic nitrogens is 4. The molecule has 0 bridgehead atoms. The standard InChI is InChI=1S/C17H23N5O3/c1-11-14(12(2)21-20-11)4-5-17(23)22-7-6-13(10-22)25-16-9-18-8-15(19-16)24-3/h8-9,13H,4-7,10H2,1-3H3,(H,20,21). The highest BCUT2D eigenvalue weighted by atomic mass is 16.5. The number of carbonyl (C=O) groups excluding carboxylic acids is 1. The van der Waals surface area contributed by atoms with E-state index in [0.29, 0.717) is 37.7 Å². The lowest BCUT2D eigenvalue weighted by atomic mass is 10.1. The maximum Gasteiger partial charge on any atom is 0.235 e. The van der Waals surface area contributed by atoms with Crippen LogP contribution in [0, 0.1) is 13.8 Å². The van der Waals surface area contributed by atoms with Crippen LogP contribution in [0.3, 0.4) is 0 Å². The van der Waals surface area contributed by atoms with Crippen molar-refractivity contribution in [1.82, 2.24) is 25.1 Å². The Morgan fingerprint density at radius 3 is 2.88 bits per heavy atom. The fourth-order valence-corrected chi connectivity index (χ4v) is 3.04. The van der Waals surface area contributed by atoms with Gasteiger partial charge in [0.1, 0.15) is 6.10 Å². The summed E-state index contributed by atoms with van der Waals surface area (Å²) in [4.78, 5) is 22.5. The Morgan fingerprint density at radius 2 is 2.16 bits per heavy atom. The van der Waals surface area contributed by atoms with Crippen LogP contribution in [-0.4, -0.2) is 57.3 Å². The van der Waals surface area contributed by atoms with Gasteiger partial charge in [-0.15, -0.1) is 0 Å². The zero-order chi connectivity index (χ0) is 17.8. The first-order valence-electron chi connectivity index (χ1n) is 8.37. The van der Waals surface area contributed by atoms with E-state index in [0.717, 1.165) is 23.4 Å². The Hall–Kier alpha value is -2.64. The minimum Gasteiger partial charge on any atom is -0.480 e. The van der Waals surface area contributed by atoms with Gasteiger partial charge in [-0.1, -0.05) is 0 Å². The molecule has 1 amide bonds. The van der Waals surface area contributed by atoms with E-state index in [1.54, 1.807) is 6.20 Å². The van der Waals surface area contributed by atoms with Gasteiger partial charge in [0.15, 0.2) is 0 Å². The van der Waals surface area contributed by atoms with Gasteiger partial charge >= 0.3 is 0 Å². The largest absolute Gasteiger partial charge is 0.480 e. The van der Waals surface area contributed by atoms with Gasteiger partial charge in [-0.25, -0.2) is 0 Å². The van der Waals surface area contributed by atoms with Crippen molar-refractivity contribution >= 4 is 5.91 Å². The van der Waals surface area contributed by atoms with Gasteiger partial charge in [-0.2, -0.15) is 10.1 Å². The number of ether oxygens (including phenoxy) is 2. The Balaban J connectivity index is 1.51. The third-order valence-corrected chi connectivity index (χ3v) is 4.45. The number of rotatable bonds is 6. The highest BCUT2D eigenvalue weighted by Gasteiger charge is 2.28. The molecule has 1 unspecified atom stereocenters. The molecule has 1 fully saturated rings. The molecule has 8 nitrogen and oxygen atoms in total. The lowest BCUT2D eigenvalue weighted by Gasteiger charge is -2.17. The number of carbonyl (C=O) groups is 1. The van der Waals surface area contributed by atoms with Crippen LogP contribution in [0.2, 0.25) is 0 Å². The van der Waals surface area contributed by atoms with Crippen LogP contribution >= 0.6 is 0 Å². The van der Waals surface area contributed by atoms with Crippen molar-refractivity contribution in [3.05, 3.63) is 29.3 Å². The predicted octanol–water partition coefficient (Wildman–Crippen LogP) is 1.44. The average molecular weight is 345 g/mol. The number of hydrogen-bond acceptors (Lipinski definition) is 6.